The van der Waals surface area contributed by atoms with Gasteiger partial charge < -0.3 is 19.9 Å². The summed E-state index contributed by atoms with van der Waals surface area (Å²) >= 11 is 0. The minimum atomic E-state index is -0.326. The molecule has 1 aromatic carbocycles. The summed E-state index contributed by atoms with van der Waals surface area (Å²) in [5.74, 6) is 0. The summed E-state index contributed by atoms with van der Waals surface area (Å²) in [6.07, 6.45) is 1.96. The molecule has 1 aromatic rings. The molecule has 0 aromatic heterocycles. The molecule has 0 radical (unpaired) electrons. The van der Waals surface area contributed by atoms with Crippen LogP contribution in [0.1, 0.15) is 32.3 Å². The van der Waals surface area contributed by atoms with Gasteiger partial charge in [0.05, 0.1) is 24.8 Å². The van der Waals surface area contributed by atoms with E-state index in [0.29, 0.717) is 25.3 Å². The van der Waals surface area contributed by atoms with Crippen LogP contribution in [0, 0.1) is 11.3 Å². The van der Waals surface area contributed by atoms with Gasteiger partial charge in [-0.15, -0.1) is 0 Å². The van der Waals surface area contributed by atoms with Crippen LogP contribution in [0.3, 0.4) is 0 Å². The number of benzene rings is 1. The molecule has 134 valence electrons. The lowest BCUT2D eigenvalue weighted by Crippen LogP contribution is -2.62. The largest absolute Gasteiger partial charge is 0.369 e. The molecule has 6 heteroatoms. The Morgan fingerprint density at radius 2 is 2.20 bits per heavy atom. The number of urea groups is 1. The Morgan fingerprint density at radius 3 is 2.96 bits per heavy atom. The molecule has 3 rings (SSSR count). The highest BCUT2D eigenvalue weighted by atomic mass is 16.5. The smallest absolute Gasteiger partial charge is 0.317 e. The predicted octanol–water partition coefficient (Wildman–Crippen LogP) is 2.35. The first-order valence-electron chi connectivity index (χ1n) is 8.96. The van der Waals surface area contributed by atoms with Crippen molar-refractivity contribution in [3.63, 3.8) is 0 Å². The van der Waals surface area contributed by atoms with Crippen molar-refractivity contribution < 1.29 is 9.53 Å². The van der Waals surface area contributed by atoms with E-state index in [0.717, 1.165) is 31.6 Å². The monoisotopic (exact) mass is 342 g/mol. The van der Waals surface area contributed by atoms with Crippen LogP contribution in [0.25, 0.3) is 0 Å². The highest BCUT2D eigenvalue weighted by Crippen LogP contribution is 2.32. The summed E-state index contributed by atoms with van der Waals surface area (Å²) in [6.45, 7) is 7.44. The van der Waals surface area contributed by atoms with Crippen LogP contribution in [0.4, 0.5) is 10.5 Å². The Balaban J connectivity index is 1.73. The average Bonchev–Trinajstić information content (AvgIpc) is 2.61. The fraction of sp³-hybridized carbons (Fsp3) is 0.579. The van der Waals surface area contributed by atoms with Gasteiger partial charge in [-0.3, -0.25) is 0 Å². The van der Waals surface area contributed by atoms with Gasteiger partial charge in [-0.1, -0.05) is 6.07 Å². The Hall–Kier alpha value is -2.26. The topological polar surface area (TPSA) is 68.6 Å². The molecule has 2 heterocycles. The third-order valence-electron chi connectivity index (χ3n) is 4.83. The summed E-state index contributed by atoms with van der Waals surface area (Å²) < 4.78 is 6.17. The maximum atomic E-state index is 12.4. The molecule has 2 amide bonds. The molecule has 2 aliphatic heterocycles. The van der Waals surface area contributed by atoms with E-state index in [2.05, 4.69) is 16.3 Å². The van der Waals surface area contributed by atoms with Gasteiger partial charge in [-0.25, -0.2) is 4.79 Å². The molecule has 2 saturated heterocycles. The van der Waals surface area contributed by atoms with Crippen LogP contribution < -0.4 is 10.2 Å². The molecule has 0 saturated carbocycles. The third kappa shape index (κ3) is 4.05. The van der Waals surface area contributed by atoms with Crippen molar-refractivity contribution in [2.24, 2.45) is 0 Å². The van der Waals surface area contributed by atoms with E-state index in [1.54, 1.807) is 0 Å². The molecule has 0 bridgehead atoms. The van der Waals surface area contributed by atoms with Crippen LogP contribution in [0.5, 0.6) is 0 Å². The summed E-state index contributed by atoms with van der Waals surface area (Å²) in [5, 5.41) is 12.1. The Labute approximate surface area is 149 Å². The number of nitrogens with zero attached hydrogens (tertiary/aromatic N) is 3. The number of nitrogens with one attached hydrogen (secondary N) is 1. The van der Waals surface area contributed by atoms with Crippen LogP contribution in [0.15, 0.2) is 24.3 Å². The van der Waals surface area contributed by atoms with Crippen molar-refractivity contribution in [2.75, 3.05) is 37.7 Å². The number of carbonyl (C=O) groups is 1. The number of morpholine rings is 1. The molecule has 1 unspecified atom stereocenters. The van der Waals surface area contributed by atoms with Crippen molar-refractivity contribution >= 4 is 11.7 Å². The van der Waals surface area contributed by atoms with Gasteiger partial charge >= 0.3 is 6.03 Å². The van der Waals surface area contributed by atoms with Crippen LogP contribution in [-0.4, -0.2) is 55.4 Å². The molecule has 1 N–H and O–H groups in total. The van der Waals surface area contributed by atoms with Crippen LogP contribution in [-0.2, 0) is 4.74 Å². The lowest BCUT2D eigenvalue weighted by atomic mass is 9.90. The Bertz CT molecular complexity index is 666. The molecular formula is C19H26N4O2. The first-order chi connectivity index (χ1) is 12.0. The van der Waals surface area contributed by atoms with Gasteiger partial charge in [-0.05, 0) is 44.9 Å². The molecule has 1 atom stereocenters. The minimum absolute atomic E-state index is 0.0127. The number of rotatable bonds is 2. The van der Waals surface area contributed by atoms with Gasteiger partial charge in [-0.2, -0.15) is 5.26 Å². The van der Waals surface area contributed by atoms with Gasteiger partial charge in [0.25, 0.3) is 0 Å². The van der Waals surface area contributed by atoms with Crippen LogP contribution >= 0.6 is 0 Å². The fourth-order valence-electron chi connectivity index (χ4n) is 3.69. The van der Waals surface area contributed by atoms with Gasteiger partial charge in [0.2, 0.25) is 0 Å². The first-order valence-corrected chi connectivity index (χ1v) is 8.96. The number of hydrogen-bond donors (Lipinski definition) is 1. The van der Waals surface area contributed by atoms with E-state index >= 15 is 0 Å². The standard InChI is InChI=1S/C19H26N4O2/c1-15(2)21-18(24)23-9-10-25-19(14-23)7-4-8-22(13-19)17-6-3-5-16(11-17)12-20/h3,5-6,11,15H,4,7-10,13-14H2,1-2H3,(H,21,24). The highest BCUT2D eigenvalue weighted by Gasteiger charge is 2.42. The second kappa shape index (κ2) is 7.32. The normalized spacial score (nSPS) is 23.6. The maximum Gasteiger partial charge on any atom is 0.317 e. The van der Waals surface area contributed by atoms with Crippen molar-refractivity contribution in [3.05, 3.63) is 29.8 Å². The van der Waals surface area contributed by atoms with Gasteiger partial charge in [0.1, 0.15) is 5.60 Å². The summed E-state index contributed by atoms with van der Waals surface area (Å²) in [5.41, 5.74) is 1.39. The highest BCUT2D eigenvalue weighted by molar-refractivity contribution is 5.74. The van der Waals surface area contributed by atoms with E-state index in [-0.39, 0.29) is 17.7 Å². The van der Waals surface area contributed by atoms with E-state index in [1.165, 1.54) is 0 Å². The Kier molecular flexibility index (Phi) is 5.14. The molecule has 1 spiro atoms. The van der Waals surface area contributed by atoms with Gasteiger partial charge in [0.15, 0.2) is 0 Å². The zero-order valence-corrected chi connectivity index (χ0v) is 15.0. The van der Waals surface area contributed by atoms with Crippen molar-refractivity contribution in [1.82, 2.24) is 10.2 Å². The van der Waals surface area contributed by atoms with E-state index in [4.69, 9.17) is 10.00 Å². The van der Waals surface area contributed by atoms with Crippen molar-refractivity contribution in [2.45, 2.75) is 38.3 Å². The van der Waals surface area contributed by atoms with Gasteiger partial charge in [0, 0.05) is 31.4 Å². The van der Waals surface area contributed by atoms with E-state index in [1.807, 2.05) is 43.0 Å². The first kappa shape index (κ1) is 17.6. The summed E-state index contributed by atoms with van der Waals surface area (Å²) in [6, 6.07) is 10.0. The molecule has 6 nitrogen and oxygen atoms in total. The molecule has 0 aliphatic carbocycles. The number of ether oxygens (including phenoxy) is 1. The lowest BCUT2D eigenvalue weighted by molar-refractivity contribution is -0.103. The third-order valence-corrected chi connectivity index (χ3v) is 4.83. The van der Waals surface area contributed by atoms with Crippen molar-refractivity contribution in [3.8, 4) is 6.07 Å². The SMILES string of the molecule is CC(C)NC(=O)N1CCOC2(CCCN(c3cccc(C#N)c3)C2)C1. The zero-order chi connectivity index (χ0) is 17.9. The number of anilines is 1. The van der Waals surface area contributed by atoms with Crippen molar-refractivity contribution in [1.29, 1.82) is 5.26 Å². The van der Waals surface area contributed by atoms with E-state index in [9.17, 15) is 4.79 Å². The number of hydrogen-bond acceptors (Lipinski definition) is 4. The quantitative estimate of drug-likeness (QED) is 0.896. The average molecular weight is 342 g/mol. The second-order valence-corrected chi connectivity index (χ2v) is 7.24. The number of carbonyl (C=O) groups excluding carboxylic acids is 1. The second-order valence-electron chi connectivity index (χ2n) is 7.24. The number of piperidine rings is 1. The maximum absolute atomic E-state index is 12.4. The molecule has 2 aliphatic rings. The number of amides is 2. The predicted molar refractivity (Wildman–Crippen MR) is 96.5 cm³/mol. The Morgan fingerprint density at radius 1 is 1.36 bits per heavy atom. The van der Waals surface area contributed by atoms with Crippen LogP contribution in [0.2, 0.25) is 0 Å². The molecule has 25 heavy (non-hydrogen) atoms. The molecule has 2 fully saturated rings. The van der Waals surface area contributed by atoms with E-state index < -0.39 is 0 Å². The minimum Gasteiger partial charge on any atom is -0.369 e. The molecular weight excluding hydrogens is 316 g/mol. The summed E-state index contributed by atoms with van der Waals surface area (Å²) in [7, 11) is 0. The summed E-state index contributed by atoms with van der Waals surface area (Å²) in [4.78, 5) is 16.5. The lowest BCUT2D eigenvalue weighted by Gasteiger charge is -2.48. The fourth-order valence-corrected chi connectivity index (χ4v) is 3.69. The number of nitriles is 1. The zero-order valence-electron chi connectivity index (χ0n) is 15.0.